The van der Waals surface area contributed by atoms with Crippen LogP contribution in [0.5, 0.6) is 0 Å². The molecule has 0 spiro atoms. The molecule has 0 aromatic rings. The highest BCUT2D eigenvalue weighted by Gasteiger charge is 2.23. The van der Waals surface area contributed by atoms with Gasteiger partial charge in [-0.2, -0.15) is 0 Å². The summed E-state index contributed by atoms with van der Waals surface area (Å²) in [5.74, 6) is -0.409. The van der Waals surface area contributed by atoms with Crippen molar-refractivity contribution in [3.63, 3.8) is 0 Å². The number of carbonyl (C=O) groups is 2. The highest BCUT2D eigenvalue weighted by atomic mass is 16.5. The van der Waals surface area contributed by atoms with E-state index in [2.05, 4.69) is 11.9 Å². The van der Waals surface area contributed by atoms with Gasteiger partial charge in [-0.15, -0.1) is 6.58 Å². The average molecular weight is 270 g/mol. The molecular weight excluding hydrogens is 244 g/mol. The number of nitrogens with one attached hydrogen (secondary N) is 1. The molecule has 2 unspecified atom stereocenters. The molecule has 0 aliphatic carbocycles. The van der Waals surface area contributed by atoms with Crippen LogP contribution in [0.2, 0.25) is 0 Å². The van der Waals surface area contributed by atoms with E-state index in [0.717, 1.165) is 6.42 Å². The zero-order chi connectivity index (χ0) is 14.8. The molecule has 0 saturated carbocycles. The number of nitrogens with zero attached hydrogens (tertiary/aromatic N) is 1. The summed E-state index contributed by atoms with van der Waals surface area (Å²) in [7, 11) is 0. The largest absolute Gasteiger partial charge is 0.465 e. The van der Waals surface area contributed by atoms with Gasteiger partial charge in [-0.25, -0.2) is 0 Å². The van der Waals surface area contributed by atoms with Gasteiger partial charge < -0.3 is 10.1 Å². The third-order valence-electron chi connectivity index (χ3n) is 2.93. The molecule has 5 heteroatoms. The minimum atomic E-state index is -0.392. The van der Waals surface area contributed by atoms with Gasteiger partial charge in [0.25, 0.3) is 0 Å². The second kappa shape index (κ2) is 9.55. The predicted molar refractivity (Wildman–Crippen MR) is 75.8 cm³/mol. The van der Waals surface area contributed by atoms with Gasteiger partial charge in [0.15, 0.2) is 0 Å². The molecule has 0 saturated heterocycles. The van der Waals surface area contributed by atoms with Crippen molar-refractivity contribution in [2.75, 3.05) is 19.7 Å². The first-order chi connectivity index (χ1) is 8.96. The lowest BCUT2D eigenvalue weighted by Crippen LogP contribution is -2.49. The molecule has 1 N–H and O–H groups in total. The summed E-state index contributed by atoms with van der Waals surface area (Å²) in [6.45, 7) is 12.0. The van der Waals surface area contributed by atoms with Gasteiger partial charge in [-0.05, 0) is 27.2 Å². The number of esters is 1. The minimum Gasteiger partial charge on any atom is -0.465 e. The van der Waals surface area contributed by atoms with E-state index in [9.17, 15) is 9.59 Å². The van der Waals surface area contributed by atoms with Crippen LogP contribution in [-0.2, 0) is 14.3 Å². The smallest absolute Gasteiger partial charge is 0.320 e. The number of rotatable bonds is 9. The Balaban J connectivity index is 4.54. The molecule has 0 bridgehead atoms. The summed E-state index contributed by atoms with van der Waals surface area (Å²) >= 11 is 0. The van der Waals surface area contributed by atoms with E-state index in [-0.39, 0.29) is 24.5 Å². The van der Waals surface area contributed by atoms with Crippen molar-refractivity contribution in [2.45, 2.75) is 46.2 Å². The number of amides is 1. The van der Waals surface area contributed by atoms with Crippen molar-refractivity contribution < 1.29 is 14.3 Å². The second-order valence-electron chi connectivity index (χ2n) is 4.52. The minimum absolute atomic E-state index is 0.0829. The summed E-state index contributed by atoms with van der Waals surface area (Å²) in [6, 6.07) is -0.264. The van der Waals surface area contributed by atoms with E-state index in [1.54, 1.807) is 24.8 Å². The Morgan fingerprint density at radius 3 is 2.47 bits per heavy atom. The molecule has 110 valence electrons. The third kappa shape index (κ3) is 6.96. The molecule has 1 amide bonds. The highest BCUT2D eigenvalue weighted by Crippen LogP contribution is 2.02. The van der Waals surface area contributed by atoms with Crippen molar-refractivity contribution >= 4 is 11.9 Å². The fourth-order valence-corrected chi connectivity index (χ4v) is 1.53. The van der Waals surface area contributed by atoms with Crippen LogP contribution in [0.3, 0.4) is 0 Å². The van der Waals surface area contributed by atoms with Crippen LogP contribution in [0.4, 0.5) is 0 Å². The molecule has 0 rings (SSSR count). The Morgan fingerprint density at radius 2 is 2.00 bits per heavy atom. The molecule has 0 fully saturated rings. The SMILES string of the molecule is C=CCN(CC(=O)OCC)C(C)C(=O)NC(C)CC. The molecule has 0 aliphatic heterocycles. The van der Waals surface area contributed by atoms with Crippen LogP contribution >= 0.6 is 0 Å². The number of hydrogen-bond acceptors (Lipinski definition) is 4. The molecule has 0 aromatic heterocycles. The van der Waals surface area contributed by atoms with Crippen LogP contribution in [-0.4, -0.2) is 48.6 Å². The molecule has 0 aromatic carbocycles. The van der Waals surface area contributed by atoms with E-state index in [1.807, 2.05) is 13.8 Å². The van der Waals surface area contributed by atoms with Crippen molar-refractivity contribution in [1.82, 2.24) is 10.2 Å². The van der Waals surface area contributed by atoms with E-state index in [0.29, 0.717) is 13.2 Å². The topological polar surface area (TPSA) is 58.6 Å². The molecule has 5 nitrogen and oxygen atoms in total. The number of hydrogen-bond donors (Lipinski definition) is 1. The van der Waals surface area contributed by atoms with Gasteiger partial charge in [-0.1, -0.05) is 13.0 Å². The van der Waals surface area contributed by atoms with Crippen LogP contribution < -0.4 is 5.32 Å². The summed E-state index contributed by atoms with van der Waals surface area (Å²) in [4.78, 5) is 25.3. The summed E-state index contributed by atoms with van der Waals surface area (Å²) < 4.78 is 4.90. The monoisotopic (exact) mass is 270 g/mol. The van der Waals surface area contributed by atoms with E-state index < -0.39 is 6.04 Å². The van der Waals surface area contributed by atoms with Gasteiger partial charge in [0.2, 0.25) is 5.91 Å². The third-order valence-corrected chi connectivity index (χ3v) is 2.93. The lowest BCUT2D eigenvalue weighted by atomic mass is 10.2. The molecule has 0 aliphatic rings. The van der Waals surface area contributed by atoms with Crippen LogP contribution in [0.15, 0.2) is 12.7 Å². The normalized spacial score (nSPS) is 13.7. The van der Waals surface area contributed by atoms with Crippen molar-refractivity contribution in [3.8, 4) is 0 Å². The lowest BCUT2D eigenvalue weighted by molar-refractivity contribution is -0.145. The van der Waals surface area contributed by atoms with Crippen molar-refractivity contribution in [3.05, 3.63) is 12.7 Å². The average Bonchev–Trinajstić information content (AvgIpc) is 2.37. The number of carbonyl (C=O) groups excluding carboxylic acids is 2. The second-order valence-corrected chi connectivity index (χ2v) is 4.52. The predicted octanol–water partition coefficient (Wildman–Crippen LogP) is 1.34. The Hall–Kier alpha value is -1.36. The standard InChI is InChI=1S/C14H26N2O3/c1-6-9-16(10-13(17)19-8-3)12(5)14(18)15-11(4)7-2/h6,11-12H,1,7-10H2,2-5H3,(H,15,18). The lowest BCUT2D eigenvalue weighted by Gasteiger charge is -2.27. The number of ether oxygens (including phenoxy) is 1. The zero-order valence-corrected chi connectivity index (χ0v) is 12.4. The maximum absolute atomic E-state index is 12.0. The van der Waals surface area contributed by atoms with Gasteiger partial charge in [-0.3, -0.25) is 14.5 Å². The summed E-state index contributed by atoms with van der Waals surface area (Å²) in [5, 5.41) is 2.91. The van der Waals surface area contributed by atoms with Crippen molar-refractivity contribution in [1.29, 1.82) is 0 Å². The van der Waals surface area contributed by atoms with Crippen LogP contribution in [0, 0.1) is 0 Å². The van der Waals surface area contributed by atoms with Gasteiger partial charge >= 0.3 is 5.97 Å². The quantitative estimate of drug-likeness (QED) is 0.507. The fraction of sp³-hybridized carbons (Fsp3) is 0.714. The maximum Gasteiger partial charge on any atom is 0.320 e. The Kier molecular flexibility index (Phi) is 8.87. The van der Waals surface area contributed by atoms with Crippen LogP contribution in [0.25, 0.3) is 0 Å². The molecule has 0 radical (unpaired) electrons. The highest BCUT2D eigenvalue weighted by molar-refractivity contribution is 5.82. The Labute approximate surface area is 116 Å². The molecular formula is C14H26N2O3. The Morgan fingerprint density at radius 1 is 1.37 bits per heavy atom. The first-order valence-corrected chi connectivity index (χ1v) is 6.77. The van der Waals surface area contributed by atoms with Gasteiger partial charge in [0, 0.05) is 12.6 Å². The maximum atomic E-state index is 12.0. The fourth-order valence-electron chi connectivity index (χ4n) is 1.53. The van der Waals surface area contributed by atoms with Crippen molar-refractivity contribution in [2.24, 2.45) is 0 Å². The first-order valence-electron chi connectivity index (χ1n) is 6.77. The molecule has 19 heavy (non-hydrogen) atoms. The van der Waals surface area contributed by atoms with E-state index in [1.165, 1.54) is 0 Å². The van der Waals surface area contributed by atoms with E-state index in [4.69, 9.17) is 4.74 Å². The summed E-state index contributed by atoms with van der Waals surface area (Å²) in [5.41, 5.74) is 0. The van der Waals surface area contributed by atoms with Gasteiger partial charge in [0.05, 0.1) is 19.2 Å². The molecule has 2 atom stereocenters. The van der Waals surface area contributed by atoms with Gasteiger partial charge in [0.1, 0.15) is 0 Å². The van der Waals surface area contributed by atoms with E-state index >= 15 is 0 Å². The Bertz CT molecular complexity index is 305. The molecule has 0 heterocycles. The first kappa shape index (κ1) is 17.6. The zero-order valence-electron chi connectivity index (χ0n) is 12.4. The summed E-state index contributed by atoms with van der Waals surface area (Å²) in [6.07, 6.45) is 2.55. The van der Waals surface area contributed by atoms with Crippen LogP contribution in [0.1, 0.15) is 34.1 Å².